The Bertz CT molecular complexity index is 680. The zero-order valence-corrected chi connectivity index (χ0v) is 12.5. The minimum atomic E-state index is -0.409. The fourth-order valence-corrected chi connectivity index (χ4v) is 2.21. The Morgan fingerprint density at radius 2 is 1.95 bits per heavy atom. The summed E-state index contributed by atoms with van der Waals surface area (Å²) in [6.07, 6.45) is 1.28. The largest absolute Gasteiger partial charge is 0.396 e. The maximum Gasteiger partial charge on any atom is 0.261 e. The van der Waals surface area contributed by atoms with Crippen LogP contribution in [0.1, 0.15) is 30.1 Å². The van der Waals surface area contributed by atoms with Gasteiger partial charge in [0.2, 0.25) is 0 Å². The number of aromatic nitrogens is 1. The quantitative estimate of drug-likeness (QED) is 0.762. The van der Waals surface area contributed by atoms with Gasteiger partial charge in [0.15, 0.2) is 0 Å². The number of hydrogen-bond donors (Lipinski definition) is 3. The predicted molar refractivity (Wildman–Crippen MR) is 85.7 cm³/mol. The minimum Gasteiger partial charge on any atom is -0.396 e. The first kappa shape index (κ1) is 16.0. The molecule has 1 amide bonds. The number of hydrogen-bond acceptors (Lipinski definition) is 3. The summed E-state index contributed by atoms with van der Waals surface area (Å²) < 4.78 is 0. The van der Waals surface area contributed by atoms with Gasteiger partial charge in [0.1, 0.15) is 5.56 Å². The van der Waals surface area contributed by atoms with E-state index < -0.39 is 11.5 Å². The third-order valence-corrected chi connectivity index (χ3v) is 3.41. The summed E-state index contributed by atoms with van der Waals surface area (Å²) in [5, 5.41) is 11.5. The Labute approximate surface area is 129 Å². The summed E-state index contributed by atoms with van der Waals surface area (Å²) in [5.74, 6) is -0.397. The molecule has 0 aliphatic rings. The standard InChI is InChI=1S/C17H20N2O3/c1-12(6-5-11-20)18-16(21)14-9-10-15(19-17(14)22)13-7-3-2-4-8-13/h2-4,7-10,12,20H,5-6,11H2,1H3,(H,18,21)(H,19,22). The van der Waals surface area contributed by atoms with E-state index in [0.717, 1.165) is 5.56 Å². The van der Waals surface area contributed by atoms with Gasteiger partial charge in [-0.2, -0.15) is 0 Å². The molecule has 22 heavy (non-hydrogen) atoms. The second-order valence-corrected chi connectivity index (χ2v) is 5.22. The third kappa shape index (κ3) is 4.05. The summed E-state index contributed by atoms with van der Waals surface area (Å²) in [5.41, 5.74) is 1.25. The number of amides is 1. The summed E-state index contributed by atoms with van der Waals surface area (Å²) in [6.45, 7) is 1.94. The normalized spacial score (nSPS) is 11.9. The number of aliphatic hydroxyl groups is 1. The second-order valence-electron chi connectivity index (χ2n) is 5.22. The molecular weight excluding hydrogens is 280 g/mol. The highest BCUT2D eigenvalue weighted by atomic mass is 16.3. The molecule has 5 heteroatoms. The highest BCUT2D eigenvalue weighted by molar-refractivity contribution is 5.94. The van der Waals surface area contributed by atoms with Crippen molar-refractivity contribution in [2.45, 2.75) is 25.8 Å². The number of rotatable bonds is 6. The first-order valence-electron chi connectivity index (χ1n) is 7.32. The molecular formula is C17H20N2O3. The molecule has 2 aromatic rings. The van der Waals surface area contributed by atoms with Crippen molar-refractivity contribution in [3.05, 3.63) is 58.4 Å². The molecule has 0 saturated carbocycles. The average molecular weight is 300 g/mol. The first-order valence-corrected chi connectivity index (χ1v) is 7.32. The van der Waals surface area contributed by atoms with Crippen LogP contribution in [0.2, 0.25) is 0 Å². The third-order valence-electron chi connectivity index (χ3n) is 3.41. The number of nitrogens with one attached hydrogen (secondary N) is 2. The van der Waals surface area contributed by atoms with Crippen molar-refractivity contribution in [1.29, 1.82) is 0 Å². The van der Waals surface area contributed by atoms with E-state index >= 15 is 0 Å². The van der Waals surface area contributed by atoms with E-state index in [0.29, 0.717) is 18.5 Å². The Morgan fingerprint density at radius 1 is 1.23 bits per heavy atom. The van der Waals surface area contributed by atoms with E-state index in [1.165, 1.54) is 6.07 Å². The van der Waals surface area contributed by atoms with Crippen LogP contribution in [0.25, 0.3) is 11.3 Å². The van der Waals surface area contributed by atoms with Crippen LogP contribution in [0.15, 0.2) is 47.3 Å². The van der Waals surface area contributed by atoms with E-state index in [1.54, 1.807) is 6.07 Å². The molecule has 0 bridgehead atoms. The van der Waals surface area contributed by atoms with Crippen LogP contribution in [-0.2, 0) is 0 Å². The fraction of sp³-hybridized carbons (Fsp3) is 0.294. The maximum atomic E-state index is 12.1. The van der Waals surface area contributed by atoms with Gasteiger partial charge < -0.3 is 15.4 Å². The van der Waals surface area contributed by atoms with Gasteiger partial charge in [0.05, 0.1) is 0 Å². The van der Waals surface area contributed by atoms with Crippen LogP contribution in [0, 0.1) is 0 Å². The molecule has 0 saturated heterocycles. The Balaban J connectivity index is 2.13. The van der Waals surface area contributed by atoms with Gasteiger partial charge in [-0.25, -0.2) is 0 Å². The van der Waals surface area contributed by atoms with Gasteiger partial charge in [0, 0.05) is 18.3 Å². The molecule has 0 fully saturated rings. The molecule has 1 aromatic carbocycles. The molecule has 5 nitrogen and oxygen atoms in total. The smallest absolute Gasteiger partial charge is 0.261 e. The molecule has 0 spiro atoms. The van der Waals surface area contributed by atoms with Crippen molar-refractivity contribution in [2.75, 3.05) is 6.61 Å². The van der Waals surface area contributed by atoms with E-state index in [2.05, 4.69) is 10.3 Å². The Hall–Kier alpha value is -2.40. The predicted octanol–water partition coefficient (Wildman–Crippen LogP) is 1.93. The van der Waals surface area contributed by atoms with Gasteiger partial charge in [-0.15, -0.1) is 0 Å². The van der Waals surface area contributed by atoms with E-state index in [4.69, 9.17) is 5.11 Å². The van der Waals surface area contributed by atoms with Crippen LogP contribution in [0.4, 0.5) is 0 Å². The first-order chi connectivity index (χ1) is 10.6. The summed E-state index contributed by atoms with van der Waals surface area (Å²) >= 11 is 0. The van der Waals surface area contributed by atoms with Gasteiger partial charge in [-0.3, -0.25) is 9.59 Å². The van der Waals surface area contributed by atoms with E-state index in [-0.39, 0.29) is 18.2 Å². The van der Waals surface area contributed by atoms with Gasteiger partial charge in [-0.1, -0.05) is 30.3 Å². The van der Waals surface area contributed by atoms with Crippen molar-refractivity contribution in [3.8, 4) is 11.3 Å². The Kier molecular flexibility index (Phi) is 5.49. The maximum absolute atomic E-state index is 12.1. The molecule has 116 valence electrons. The number of pyridine rings is 1. The minimum absolute atomic E-state index is 0.0898. The fourth-order valence-electron chi connectivity index (χ4n) is 2.21. The van der Waals surface area contributed by atoms with Crippen molar-refractivity contribution in [3.63, 3.8) is 0 Å². The lowest BCUT2D eigenvalue weighted by Gasteiger charge is -2.13. The summed E-state index contributed by atoms with van der Waals surface area (Å²) in [4.78, 5) is 26.9. The van der Waals surface area contributed by atoms with Crippen molar-refractivity contribution in [1.82, 2.24) is 10.3 Å². The average Bonchev–Trinajstić information content (AvgIpc) is 2.53. The zero-order valence-electron chi connectivity index (χ0n) is 12.5. The van der Waals surface area contributed by atoms with Crippen LogP contribution in [0.3, 0.4) is 0 Å². The molecule has 2 rings (SSSR count). The van der Waals surface area contributed by atoms with Crippen molar-refractivity contribution < 1.29 is 9.90 Å². The van der Waals surface area contributed by atoms with Crippen molar-refractivity contribution in [2.24, 2.45) is 0 Å². The molecule has 1 unspecified atom stereocenters. The van der Waals surface area contributed by atoms with Crippen LogP contribution < -0.4 is 10.9 Å². The summed E-state index contributed by atoms with van der Waals surface area (Å²) in [7, 11) is 0. The number of aromatic amines is 1. The molecule has 1 heterocycles. The van der Waals surface area contributed by atoms with Gasteiger partial charge in [-0.05, 0) is 37.5 Å². The van der Waals surface area contributed by atoms with Crippen molar-refractivity contribution >= 4 is 5.91 Å². The van der Waals surface area contributed by atoms with Gasteiger partial charge >= 0.3 is 0 Å². The molecule has 1 aromatic heterocycles. The lowest BCUT2D eigenvalue weighted by molar-refractivity contribution is 0.0935. The van der Waals surface area contributed by atoms with Crippen LogP contribution in [0.5, 0.6) is 0 Å². The zero-order chi connectivity index (χ0) is 15.9. The number of carbonyl (C=O) groups excluding carboxylic acids is 1. The van der Waals surface area contributed by atoms with Gasteiger partial charge in [0.25, 0.3) is 11.5 Å². The monoisotopic (exact) mass is 300 g/mol. The molecule has 0 radical (unpaired) electrons. The second kappa shape index (κ2) is 7.56. The SMILES string of the molecule is CC(CCCO)NC(=O)c1ccc(-c2ccccc2)[nH]c1=O. The summed E-state index contributed by atoms with van der Waals surface area (Å²) in [6, 6.07) is 12.6. The topological polar surface area (TPSA) is 82.2 Å². The molecule has 0 aliphatic heterocycles. The van der Waals surface area contributed by atoms with Crippen LogP contribution >= 0.6 is 0 Å². The molecule has 3 N–H and O–H groups in total. The highest BCUT2D eigenvalue weighted by Crippen LogP contribution is 2.14. The lowest BCUT2D eigenvalue weighted by atomic mass is 10.1. The Morgan fingerprint density at radius 3 is 2.59 bits per heavy atom. The molecule has 0 aliphatic carbocycles. The van der Waals surface area contributed by atoms with E-state index in [9.17, 15) is 9.59 Å². The number of benzene rings is 1. The van der Waals surface area contributed by atoms with E-state index in [1.807, 2.05) is 37.3 Å². The highest BCUT2D eigenvalue weighted by Gasteiger charge is 2.13. The van der Waals surface area contributed by atoms with Crippen LogP contribution in [-0.4, -0.2) is 28.6 Å². The lowest BCUT2D eigenvalue weighted by Crippen LogP contribution is -2.36. The number of H-pyrrole nitrogens is 1. The number of aliphatic hydroxyl groups excluding tert-OH is 1. The number of carbonyl (C=O) groups is 1. The molecule has 1 atom stereocenters.